The molecule has 2 aliphatic rings. The molecule has 2 rings (SSSR count). The zero-order valence-electron chi connectivity index (χ0n) is 14.4. The quantitative estimate of drug-likeness (QED) is 0.517. The molecule has 1 heterocycles. The van der Waals surface area contributed by atoms with Crippen LogP contribution in [-0.4, -0.2) is 50.0 Å². The SMILES string of the molecule is CCNC(=NCC1(CO)COC1)NC1CCC(C(C)C)CC1. The number of nitrogens with zero attached hydrogens (tertiary/aromatic N) is 1. The monoisotopic (exact) mass is 311 g/mol. The number of nitrogens with one attached hydrogen (secondary N) is 2. The molecule has 0 amide bonds. The van der Waals surface area contributed by atoms with E-state index in [9.17, 15) is 5.11 Å². The van der Waals surface area contributed by atoms with Gasteiger partial charge >= 0.3 is 0 Å². The van der Waals surface area contributed by atoms with Gasteiger partial charge in [-0.25, -0.2) is 0 Å². The van der Waals surface area contributed by atoms with Gasteiger partial charge in [-0.1, -0.05) is 13.8 Å². The molecule has 0 spiro atoms. The van der Waals surface area contributed by atoms with Crippen LogP contribution in [0, 0.1) is 17.3 Å². The van der Waals surface area contributed by atoms with E-state index in [1.165, 1.54) is 25.7 Å². The van der Waals surface area contributed by atoms with Crippen molar-refractivity contribution >= 4 is 5.96 Å². The number of aliphatic hydroxyl groups is 1. The second kappa shape index (κ2) is 8.16. The van der Waals surface area contributed by atoms with Gasteiger partial charge < -0.3 is 20.5 Å². The van der Waals surface area contributed by atoms with Gasteiger partial charge in [0.2, 0.25) is 0 Å². The second-order valence-corrected chi connectivity index (χ2v) is 7.35. The number of guanidine groups is 1. The third-order valence-electron chi connectivity index (χ3n) is 5.12. The first-order valence-corrected chi connectivity index (χ1v) is 8.82. The normalized spacial score (nSPS) is 28.3. The molecule has 22 heavy (non-hydrogen) atoms. The third kappa shape index (κ3) is 4.59. The van der Waals surface area contributed by atoms with Crippen molar-refractivity contribution in [2.75, 3.05) is 32.9 Å². The fourth-order valence-corrected chi connectivity index (χ4v) is 3.31. The van der Waals surface area contributed by atoms with Crippen molar-refractivity contribution in [3.05, 3.63) is 0 Å². The summed E-state index contributed by atoms with van der Waals surface area (Å²) in [5.41, 5.74) is -0.155. The van der Waals surface area contributed by atoms with Gasteiger partial charge in [-0.2, -0.15) is 0 Å². The summed E-state index contributed by atoms with van der Waals surface area (Å²) >= 11 is 0. The number of ether oxygens (including phenoxy) is 1. The molecular weight excluding hydrogens is 278 g/mol. The predicted molar refractivity (Wildman–Crippen MR) is 90.0 cm³/mol. The second-order valence-electron chi connectivity index (χ2n) is 7.35. The third-order valence-corrected chi connectivity index (χ3v) is 5.12. The van der Waals surface area contributed by atoms with Gasteiger partial charge in [-0.3, -0.25) is 4.99 Å². The van der Waals surface area contributed by atoms with E-state index < -0.39 is 0 Å². The zero-order chi connectivity index (χ0) is 16.0. The average molecular weight is 311 g/mol. The molecule has 0 bridgehead atoms. The lowest BCUT2D eigenvalue weighted by atomic mass is 9.80. The summed E-state index contributed by atoms with van der Waals surface area (Å²) < 4.78 is 5.24. The first-order valence-electron chi connectivity index (χ1n) is 8.82. The molecule has 2 fully saturated rings. The van der Waals surface area contributed by atoms with Crippen LogP contribution in [0.5, 0.6) is 0 Å². The Kier molecular flexibility index (Phi) is 6.50. The highest BCUT2D eigenvalue weighted by Gasteiger charge is 2.38. The van der Waals surface area contributed by atoms with E-state index in [4.69, 9.17) is 4.74 Å². The van der Waals surface area contributed by atoms with Crippen LogP contribution in [0.4, 0.5) is 0 Å². The molecule has 3 N–H and O–H groups in total. The van der Waals surface area contributed by atoms with Crippen LogP contribution in [-0.2, 0) is 4.74 Å². The fraction of sp³-hybridized carbons (Fsp3) is 0.941. The Morgan fingerprint density at radius 3 is 2.41 bits per heavy atom. The maximum absolute atomic E-state index is 9.49. The number of aliphatic hydroxyl groups excluding tert-OH is 1. The molecule has 0 atom stereocenters. The van der Waals surface area contributed by atoms with Gasteiger partial charge in [-0.05, 0) is 44.4 Å². The summed E-state index contributed by atoms with van der Waals surface area (Å²) in [5.74, 6) is 2.56. The first kappa shape index (κ1) is 17.5. The van der Waals surface area contributed by atoms with Gasteiger partial charge in [0.1, 0.15) is 0 Å². The number of hydrogen-bond acceptors (Lipinski definition) is 3. The van der Waals surface area contributed by atoms with Crippen LogP contribution < -0.4 is 10.6 Å². The zero-order valence-corrected chi connectivity index (χ0v) is 14.4. The highest BCUT2D eigenvalue weighted by Crippen LogP contribution is 2.30. The Morgan fingerprint density at radius 2 is 1.95 bits per heavy atom. The van der Waals surface area contributed by atoms with Crippen LogP contribution in [0.15, 0.2) is 4.99 Å². The van der Waals surface area contributed by atoms with Crippen LogP contribution >= 0.6 is 0 Å². The van der Waals surface area contributed by atoms with Crippen LogP contribution in [0.25, 0.3) is 0 Å². The molecule has 0 unspecified atom stereocenters. The maximum Gasteiger partial charge on any atom is 0.191 e. The molecule has 0 radical (unpaired) electrons. The van der Waals surface area contributed by atoms with Crippen molar-refractivity contribution in [3.63, 3.8) is 0 Å². The average Bonchev–Trinajstić information content (AvgIpc) is 2.47. The Labute approximate surface area is 134 Å². The van der Waals surface area contributed by atoms with Gasteiger partial charge in [0, 0.05) is 12.6 Å². The molecule has 0 aromatic rings. The van der Waals surface area contributed by atoms with Gasteiger partial charge in [-0.15, -0.1) is 0 Å². The maximum atomic E-state index is 9.49. The molecule has 1 aliphatic heterocycles. The molecule has 1 saturated carbocycles. The molecule has 0 aromatic carbocycles. The van der Waals surface area contributed by atoms with Gasteiger partial charge in [0.15, 0.2) is 5.96 Å². The molecule has 0 aromatic heterocycles. The van der Waals surface area contributed by atoms with E-state index in [-0.39, 0.29) is 12.0 Å². The van der Waals surface area contributed by atoms with Crippen molar-refractivity contribution in [2.24, 2.45) is 22.2 Å². The predicted octanol–water partition coefficient (Wildman–Crippen LogP) is 1.77. The van der Waals surface area contributed by atoms with E-state index in [0.29, 0.717) is 25.8 Å². The molecule has 1 aliphatic carbocycles. The highest BCUT2D eigenvalue weighted by molar-refractivity contribution is 5.80. The minimum Gasteiger partial charge on any atom is -0.396 e. The van der Waals surface area contributed by atoms with E-state index in [1.54, 1.807) is 0 Å². The number of rotatable bonds is 6. The summed E-state index contributed by atoms with van der Waals surface area (Å²) in [7, 11) is 0. The van der Waals surface area contributed by atoms with Gasteiger partial charge in [0.25, 0.3) is 0 Å². The van der Waals surface area contributed by atoms with E-state index in [0.717, 1.165) is 24.3 Å². The van der Waals surface area contributed by atoms with Crippen molar-refractivity contribution in [3.8, 4) is 0 Å². The molecule has 5 nitrogen and oxygen atoms in total. The summed E-state index contributed by atoms with van der Waals surface area (Å²) in [6, 6.07) is 0.524. The van der Waals surface area contributed by atoms with E-state index >= 15 is 0 Å². The van der Waals surface area contributed by atoms with Crippen molar-refractivity contribution in [1.29, 1.82) is 0 Å². The standard InChI is InChI=1S/C17H33N3O2/c1-4-18-16(19-9-17(10-21)11-22-12-17)20-15-7-5-14(6-8-15)13(2)3/h13-15,21H,4-12H2,1-3H3,(H2,18,19,20). The fourth-order valence-electron chi connectivity index (χ4n) is 3.31. The van der Waals surface area contributed by atoms with Crippen LogP contribution in [0.1, 0.15) is 46.5 Å². The number of hydrogen-bond donors (Lipinski definition) is 3. The lowest BCUT2D eigenvalue weighted by Gasteiger charge is -2.38. The molecular formula is C17H33N3O2. The van der Waals surface area contributed by atoms with E-state index in [2.05, 4.69) is 36.4 Å². The molecule has 128 valence electrons. The van der Waals surface area contributed by atoms with Crippen LogP contribution in [0.2, 0.25) is 0 Å². The minimum absolute atomic E-state index is 0.148. The lowest BCUT2D eigenvalue weighted by Crippen LogP contribution is -2.50. The molecule has 1 saturated heterocycles. The first-order chi connectivity index (χ1) is 10.6. The Morgan fingerprint density at radius 1 is 1.27 bits per heavy atom. The minimum atomic E-state index is -0.155. The Hall–Kier alpha value is -0.810. The Balaban J connectivity index is 1.84. The largest absolute Gasteiger partial charge is 0.396 e. The smallest absolute Gasteiger partial charge is 0.191 e. The summed E-state index contributed by atoms with van der Waals surface area (Å²) in [6.07, 6.45) is 5.06. The number of aliphatic imine (C=N–C) groups is 1. The Bertz CT molecular complexity index is 353. The van der Waals surface area contributed by atoms with Gasteiger partial charge in [0.05, 0.1) is 31.8 Å². The summed E-state index contributed by atoms with van der Waals surface area (Å²) in [4.78, 5) is 4.68. The van der Waals surface area contributed by atoms with E-state index in [1.807, 2.05) is 0 Å². The van der Waals surface area contributed by atoms with Crippen molar-refractivity contribution in [1.82, 2.24) is 10.6 Å². The van der Waals surface area contributed by atoms with Crippen molar-refractivity contribution < 1.29 is 9.84 Å². The van der Waals surface area contributed by atoms with Crippen molar-refractivity contribution in [2.45, 2.75) is 52.5 Å². The van der Waals surface area contributed by atoms with Crippen LogP contribution in [0.3, 0.4) is 0 Å². The topological polar surface area (TPSA) is 65.9 Å². The molecule has 5 heteroatoms. The lowest BCUT2D eigenvalue weighted by molar-refractivity contribution is -0.130. The summed E-state index contributed by atoms with van der Waals surface area (Å²) in [5, 5.41) is 16.4. The highest BCUT2D eigenvalue weighted by atomic mass is 16.5. The summed E-state index contributed by atoms with van der Waals surface area (Å²) in [6.45, 7) is 9.61.